The predicted molar refractivity (Wildman–Crippen MR) is 138 cm³/mol. The molecule has 0 saturated carbocycles. The fourth-order valence-electron chi connectivity index (χ4n) is 4.45. The van der Waals surface area contributed by atoms with Crippen LogP contribution in [0.5, 0.6) is 5.75 Å². The molecule has 2 aromatic rings. The van der Waals surface area contributed by atoms with E-state index in [1.54, 1.807) is 36.4 Å². The number of carboxylic acid groups (broad SMARTS) is 2. The first-order valence-electron chi connectivity index (χ1n) is 12.5. The Bertz CT molecular complexity index is 1190. The van der Waals surface area contributed by atoms with Crippen molar-refractivity contribution < 1.29 is 39.3 Å². The standard InChI is InChI=1S/C27H32N4O8/c28-19(13-17-8-10-18(32)11-9-17)24(35)29-20(14-16-5-2-1-3-6-16)26(37)31-12-4-7-22(31)25(36)30-21(27(38)39)15-23(33)34/h1-3,5-6,8-11,19-22,32H,4,7,12-15,28H2,(H,29,35)(H,30,36)(H,33,34)(H,38,39). The molecule has 0 aliphatic carbocycles. The number of likely N-dealkylation sites (tertiary alicyclic amines) is 1. The number of carboxylic acids is 2. The van der Waals surface area contributed by atoms with Gasteiger partial charge in [0, 0.05) is 13.0 Å². The van der Waals surface area contributed by atoms with Gasteiger partial charge >= 0.3 is 11.9 Å². The lowest BCUT2D eigenvalue weighted by molar-refractivity contribution is -0.148. The number of benzene rings is 2. The van der Waals surface area contributed by atoms with Crippen molar-refractivity contribution in [2.24, 2.45) is 5.73 Å². The molecule has 2 aromatic carbocycles. The summed E-state index contributed by atoms with van der Waals surface area (Å²) < 4.78 is 0. The Labute approximate surface area is 224 Å². The van der Waals surface area contributed by atoms with Gasteiger partial charge in [0.2, 0.25) is 17.7 Å². The third-order valence-corrected chi connectivity index (χ3v) is 6.46. The number of phenols is 1. The van der Waals surface area contributed by atoms with E-state index in [2.05, 4.69) is 10.6 Å². The summed E-state index contributed by atoms with van der Waals surface area (Å²) >= 11 is 0. The van der Waals surface area contributed by atoms with Crippen LogP contribution < -0.4 is 16.4 Å². The first-order valence-corrected chi connectivity index (χ1v) is 12.5. The van der Waals surface area contributed by atoms with Gasteiger partial charge in [-0.15, -0.1) is 0 Å². The Morgan fingerprint density at radius 3 is 2.15 bits per heavy atom. The zero-order chi connectivity index (χ0) is 28.5. The van der Waals surface area contributed by atoms with Crippen LogP contribution in [0, 0.1) is 0 Å². The molecule has 12 heteroatoms. The largest absolute Gasteiger partial charge is 0.508 e. The van der Waals surface area contributed by atoms with Crippen molar-refractivity contribution in [3.63, 3.8) is 0 Å². The number of carbonyl (C=O) groups is 5. The van der Waals surface area contributed by atoms with Crippen LogP contribution in [0.2, 0.25) is 0 Å². The molecule has 12 nitrogen and oxygen atoms in total. The lowest BCUT2D eigenvalue weighted by Gasteiger charge is -2.30. The highest BCUT2D eigenvalue weighted by atomic mass is 16.4. The van der Waals surface area contributed by atoms with Crippen molar-refractivity contribution in [2.45, 2.75) is 56.3 Å². The number of hydrogen-bond acceptors (Lipinski definition) is 7. The van der Waals surface area contributed by atoms with E-state index in [4.69, 9.17) is 10.8 Å². The Kier molecular flexibility index (Phi) is 9.98. The highest BCUT2D eigenvalue weighted by Gasteiger charge is 2.39. The van der Waals surface area contributed by atoms with Crippen LogP contribution in [0.25, 0.3) is 0 Å². The predicted octanol–water partition coefficient (Wildman–Crippen LogP) is 0.0246. The number of hydrogen-bond donors (Lipinski definition) is 6. The number of phenolic OH excluding ortho intramolecular Hbond substituents is 1. The summed E-state index contributed by atoms with van der Waals surface area (Å²) in [5.41, 5.74) is 7.59. The Hall–Kier alpha value is -4.45. The van der Waals surface area contributed by atoms with Crippen LogP contribution in [0.4, 0.5) is 0 Å². The average molecular weight is 541 g/mol. The number of nitrogens with zero attached hydrogens (tertiary/aromatic N) is 1. The number of carbonyl (C=O) groups excluding carboxylic acids is 3. The molecule has 3 rings (SSSR count). The summed E-state index contributed by atoms with van der Waals surface area (Å²) in [4.78, 5) is 63.3. The minimum absolute atomic E-state index is 0.0761. The lowest BCUT2D eigenvalue weighted by atomic mass is 10.0. The van der Waals surface area contributed by atoms with E-state index in [1.165, 1.54) is 17.0 Å². The van der Waals surface area contributed by atoms with E-state index in [0.29, 0.717) is 12.0 Å². The Balaban J connectivity index is 1.76. The molecule has 1 fully saturated rings. The second-order valence-corrected chi connectivity index (χ2v) is 9.41. The molecule has 0 spiro atoms. The van der Waals surface area contributed by atoms with Crippen LogP contribution in [0.3, 0.4) is 0 Å². The van der Waals surface area contributed by atoms with Crippen molar-refractivity contribution in [2.75, 3.05) is 6.54 Å². The lowest BCUT2D eigenvalue weighted by Crippen LogP contribution is -2.57. The SMILES string of the molecule is NC(Cc1ccc(O)cc1)C(=O)NC(Cc1ccccc1)C(=O)N1CCCC1C(=O)NC(CC(=O)O)C(=O)O. The van der Waals surface area contributed by atoms with Crippen molar-refractivity contribution in [1.82, 2.24) is 15.5 Å². The first-order chi connectivity index (χ1) is 18.5. The van der Waals surface area contributed by atoms with E-state index in [-0.39, 0.29) is 31.6 Å². The number of aromatic hydroxyl groups is 1. The Morgan fingerprint density at radius 1 is 0.897 bits per heavy atom. The molecule has 0 bridgehead atoms. The monoisotopic (exact) mass is 540 g/mol. The molecule has 1 heterocycles. The first kappa shape index (κ1) is 29.1. The van der Waals surface area contributed by atoms with Crippen LogP contribution in [-0.4, -0.2) is 80.6 Å². The van der Waals surface area contributed by atoms with Crippen molar-refractivity contribution >= 4 is 29.7 Å². The Morgan fingerprint density at radius 2 is 1.54 bits per heavy atom. The number of nitrogens with two attached hydrogens (primary N) is 1. The minimum atomic E-state index is -1.65. The number of aliphatic carboxylic acids is 2. The molecule has 1 saturated heterocycles. The van der Waals surface area contributed by atoms with Crippen LogP contribution >= 0.6 is 0 Å². The van der Waals surface area contributed by atoms with Gasteiger partial charge in [-0.1, -0.05) is 42.5 Å². The molecule has 1 aliphatic rings. The maximum absolute atomic E-state index is 13.7. The van der Waals surface area contributed by atoms with Gasteiger partial charge in [0.1, 0.15) is 23.9 Å². The minimum Gasteiger partial charge on any atom is -0.508 e. The summed E-state index contributed by atoms with van der Waals surface area (Å²) in [6.07, 6.45) is 0.190. The van der Waals surface area contributed by atoms with Gasteiger partial charge in [-0.3, -0.25) is 19.2 Å². The summed E-state index contributed by atoms with van der Waals surface area (Å²) in [7, 11) is 0. The summed E-state index contributed by atoms with van der Waals surface area (Å²) in [6.45, 7) is 0.203. The van der Waals surface area contributed by atoms with E-state index in [1.807, 2.05) is 6.07 Å². The van der Waals surface area contributed by atoms with Gasteiger partial charge in [-0.25, -0.2) is 4.79 Å². The van der Waals surface area contributed by atoms with Gasteiger partial charge in [-0.05, 0) is 42.5 Å². The summed E-state index contributed by atoms with van der Waals surface area (Å²) in [5, 5.41) is 32.6. The summed E-state index contributed by atoms with van der Waals surface area (Å²) in [5.74, 6) is -4.71. The molecule has 1 aliphatic heterocycles. The molecule has 0 aromatic heterocycles. The molecular formula is C27H32N4O8. The van der Waals surface area contributed by atoms with Crippen LogP contribution in [0.1, 0.15) is 30.4 Å². The van der Waals surface area contributed by atoms with Gasteiger partial charge in [0.15, 0.2) is 0 Å². The molecule has 4 unspecified atom stereocenters. The molecule has 0 radical (unpaired) electrons. The van der Waals surface area contributed by atoms with Crippen molar-refractivity contribution in [3.8, 4) is 5.75 Å². The van der Waals surface area contributed by atoms with Crippen LogP contribution in [-0.2, 0) is 36.8 Å². The van der Waals surface area contributed by atoms with Gasteiger partial charge in [0.05, 0.1) is 12.5 Å². The van der Waals surface area contributed by atoms with Crippen molar-refractivity contribution in [1.29, 1.82) is 0 Å². The van der Waals surface area contributed by atoms with E-state index >= 15 is 0 Å². The topological polar surface area (TPSA) is 199 Å². The normalized spacial score (nSPS) is 17.1. The summed E-state index contributed by atoms with van der Waals surface area (Å²) in [6, 6.07) is 10.5. The van der Waals surface area contributed by atoms with E-state index in [9.17, 15) is 34.2 Å². The highest BCUT2D eigenvalue weighted by molar-refractivity contribution is 5.95. The third-order valence-electron chi connectivity index (χ3n) is 6.46. The van der Waals surface area contributed by atoms with E-state index < -0.39 is 60.2 Å². The zero-order valence-corrected chi connectivity index (χ0v) is 21.2. The van der Waals surface area contributed by atoms with E-state index in [0.717, 1.165) is 5.56 Å². The quantitative estimate of drug-likeness (QED) is 0.215. The third kappa shape index (κ3) is 8.27. The molecule has 208 valence electrons. The molecule has 39 heavy (non-hydrogen) atoms. The number of amides is 3. The van der Waals surface area contributed by atoms with Crippen molar-refractivity contribution in [3.05, 3.63) is 65.7 Å². The molecule has 4 atom stereocenters. The number of rotatable bonds is 12. The second-order valence-electron chi connectivity index (χ2n) is 9.41. The van der Waals surface area contributed by atoms with Gasteiger partial charge in [0.25, 0.3) is 0 Å². The highest BCUT2D eigenvalue weighted by Crippen LogP contribution is 2.20. The maximum Gasteiger partial charge on any atom is 0.326 e. The van der Waals surface area contributed by atoms with Gasteiger partial charge in [-0.2, -0.15) is 0 Å². The molecular weight excluding hydrogens is 508 g/mol. The molecule has 3 amide bonds. The fraction of sp³-hybridized carbons (Fsp3) is 0.370. The average Bonchev–Trinajstić information content (AvgIpc) is 3.39. The fourth-order valence-corrected chi connectivity index (χ4v) is 4.45. The molecule has 7 N–H and O–H groups in total. The maximum atomic E-state index is 13.7. The smallest absolute Gasteiger partial charge is 0.326 e. The second kappa shape index (κ2) is 13.4. The van der Waals surface area contributed by atoms with Crippen LogP contribution in [0.15, 0.2) is 54.6 Å². The number of nitrogens with one attached hydrogen (secondary N) is 2. The van der Waals surface area contributed by atoms with Gasteiger partial charge < -0.3 is 36.6 Å². The zero-order valence-electron chi connectivity index (χ0n) is 21.2.